The van der Waals surface area contributed by atoms with Crippen molar-refractivity contribution in [1.82, 2.24) is 4.90 Å². The van der Waals surface area contributed by atoms with Crippen molar-refractivity contribution in [2.75, 3.05) is 7.05 Å². The molecule has 0 rings (SSSR count). The zero-order valence-electron chi connectivity index (χ0n) is 7.65. The largest absolute Gasteiger partial charge is 0.370 e. The van der Waals surface area contributed by atoms with Crippen molar-refractivity contribution in [1.29, 1.82) is 5.26 Å². The van der Waals surface area contributed by atoms with Crippen molar-refractivity contribution in [3.63, 3.8) is 0 Å². The molecule has 0 heterocycles. The summed E-state index contributed by atoms with van der Waals surface area (Å²) in [5, 5.41) is 8.34. The fourth-order valence-corrected chi connectivity index (χ4v) is 0.781. The lowest BCUT2D eigenvalue weighted by Crippen LogP contribution is -2.25. The van der Waals surface area contributed by atoms with Gasteiger partial charge in [0.15, 0.2) is 6.19 Å². The maximum Gasteiger partial charge on any atom is 0.239 e. The van der Waals surface area contributed by atoms with Crippen LogP contribution in [0.5, 0.6) is 0 Å². The van der Waals surface area contributed by atoms with E-state index in [2.05, 4.69) is 0 Å². The Labute approximate surface area is 77.1 Å². The maximum atomic E-state index is 11.1. The van der Waals surface area contributed by atoms with Gasteiger partial charge >= 0.3 is 0 Å². The van der Waals surface area contributed by atoms with Gasteiger partial charge in [0, 0.05) is 13.5 Å². The minimum Gasteiger partial charge on any atom is -0.370 e. The van der Waals surface area contributed by atoms with Crippen LogP contribution in [0.1, 0.15) is 13.3 Å². The lowest BCUT2D eigenvalue weighted by molar-refractivity contribution is -0.124. The third-order valence-electron chi connectivity index (χ3n) is 1.43. The van der Waals surface area contributed by atoms with E-state index in [1.54, 1.807) is 13.1 Å². The Morgan fingerprint density at radius 2 is 2.23 bits per heavy atom. The first kappa shape index (κ1) is 11.4. The number of carbonyl (C=O) groups excluding carboxylic acids is 2. The third kappa shape index (κ3) is 4.80. The number of rotatable bonds is 4. The van der Waals surface area contributed by atoms with Crippen molar-refractivity contribution in [2.24, 2.45) is 11.7 Å². The molecule has 2 N–H and O–H groups in total. The van der Waals surface area contributed by atoms with Crippen LogP contribution in [-0.2, 0) is 9.59 Å². The van der Waals surface area contributed by atoms with Crippen molar-refractivity contribution in [2.45, 2.75) is 13.3 Å². The van der Waals surface area contributed by atoms with E-state index in [1.807, 2.05) is 0 Å². The summed E-state index contributed by atoms with van der Waals surface area (Å²) in [5.41, 5.74) is 4.93. The van der Waals surface area contributed by atoms with Crippen LogP contribution < -0.4 is 5.73 Å². The van der Waals surface area contributed by atoms with Gasteiger partial charge in [-0.15, -0.1) is 0 Å². The highest BCUT2D eigenvalue weighted by molar-refractivity contribution is 5.87. The summed E-state index contributed by atoms with van der Waals surface area (Å²) in [7, 11) is 1.36. The summed E-state index contributed by atoms with van der Waals surface area (Å²) in [4.78, 5) is 22.4. The number of hydrogen-bond donors (Lipinski definition) is 1. The molecule has 0 bridgehead atoms. The normalized spacial score (nSPS) is 11.5. The van der Waals surface area contributed by atoms with Crippen molar-refractivity contribution >= 4 is 11.8 Å². The Morgan fingerprint density at radius 1 is 1.69 bits per heavy atom. The van der Waals surface area contributed by atoms with Crippen LogP contribution in [0, 0.1) is 23.8 Å². The van der Waals surface area contributed by atoms with E-state index in [9.17, 15) is 9.59 Å². The fraction of sp³-hybridized carbons (Fsp3) is 0.500. The van der Waals surface area contributed by atoms with E-state index in [0.717, 1.165) is 4.90 Å². The van der Waals surface area contributed by atoms with E-state index in [0.29, 0.717) is 0 Å². The smallest absolute Gasteiger partial charge is 0.239 e. The van der Waals surface area contributed by atoms with Gasteiger partial charge in [-0.1, -0.05) is 6.92 Å². The average molecular weight is 182 g/mol. The molecule has 13 heavy (non-hydrogen) atoms. The molecule has 1 radical (unpaired) electrons. The van der Waals surface area contributed by atoms with Crippen LogP contribution in [-0.4, -0.2) is 23.8 Å². The standard InChI is InChI=1S/C8H12N3O2/c1-6(3-7(10)12)4-8(13)11(2)5-9/h4,6H,3H2,1-2H3,(H2,10,12). The molecule has 5 heteroatoms. The molecule has 71 valence electrons. The first-order chi connectivity index (χ1) is 5.97. The van der Waals surface area contributed by atoms with Crippen LogP contribution >= 0.6 is 0 Å². The minimum absolute atomic E-state index is 0.116. The van der Waals surface area contributed by atoms with Gasteiger partial charge in [-0.3, -0.25) is 14.5 Å². The zero-order chi connectivity index (χ0) is 10.4. The Kier molecular flexibility index (Phi) is 4.52. The van der Waals surface area contributed by atoms with Crippen LogP contribution in [0.3, 0.4) is 0 Å². The SMILES string of the molecule is CC([CH]C(=O)N(C)C#N)CC(N)=O. The van der Waals surface area contributed by atoms with E-state index >= 15 is 0 Å². The number of nitrogens with zero attached hydrogens (tertiary/aromatic N) is 2. The van der Waals surface area contributed by atoms with Gasteiger partial charge in [-0.25, -0.2) is 0 Å². The number of nitrogens with two attached hydrogens (primary N) is 1. The second-order valence-corrected chi connectivity index (χ2v) is 2.81. The Bertz CT molecular complexity index is 244. The van der Waals surface area contributed by atoms with Gasteiger partial charge in [0.05, 0.1) is 6.42 Å². The highest BCUT2D eigenvalue weighted by Crippen LogP contribution is 2.06. The van der Waals surface area contributed by atoms with E-state index in [-0.39, 0.29) is 12.3 Å². The van der Waals surface area contributed by atoms with Crippen LogP contribution in [0.25, 0.3) is 0 Å². The molecular weight excluding hydrogens is 170 g/mol. The average Bonchev–Trinajstić information content (AvgIpc) is 2.01. The van der Waals surface area contributed by atoms with Gasteiger partial charge in [0.1, 0.15) is 0 Å². The molecule has 0 aliphatic heterocycles. The highest BCUT2D eigenvalue weighted by Gasteiger charge is 2.14. The van der Waals surface area contributed by atoms with Gasteiger partial charge in [-0.05, 0) is 5.92 Å². The molecule has 0 saturated carbocycles. The number of nitriles is 1. The highest BCUT2D eigenvalue weighted by atomic mass is 16.2. The molecular formula is C8H12N3O2. The van der Waals surface area contributed by atoms with Crippen LogP contribution in [0.15, 0.2) is 0 Å². The summed E-state index contributed by atoms with van der Waals surface area (Å²) < 4.78 is 0. The first-order valence-corrected chi connectivity index (χ1v) is 3.78. The van der Waals surface area contributed by atoms with Gasteiger partial charge < -0.3 is 5.73 Å². The molecule has 0 aromatic carbocycles. The number of carbonyl (C=O) groups is 2. The molecule has 0 aromatic heterocycles. The molecule has 0 saturated heterocycles. The summed E-state index contributed by atoms with van der Waals surface area (Å²) >= 11 is 0. The summed E-state index contributed by atoms with van der Waals surface area (Å²) in [5.74, 6) is -1.12. The lowest BCUT2D eigenvalue weighted by atomic mass is 10.0. The number of hydrogen-bond acceptors (Lipinski definition) is 3. The molecule has 2 amide bonds. The van der Waals surface area contributed by atoms with Crippen LogP contribution in [0.2, 0.25) is 0 Å². The number of primary amides is 1. The Morgan fingerprint density at radius 3 is 2.62 bits per heavy atom. The lowest BCUT2D eigenvalue weighted by Gasteiger charge is -2.10. The summed E-state index contributed by atoms with van der Waals surface area (Å²) in [6, 6.07) is 0. The molecule has 0 aromatic rings. The zero-order valence-corrected chi connectivity index (χ0v) is 7.65. The van der Waals surface area contributed by atoms with Crippen molar-refractivity contribution < 1.29 is 9.59 Å². The molecule has 1 unspecified atom stereocenters. The van der Waals surface area contributed by atoms with Gasteiger partial charge in [0.2, 0.25) is 11.8 Å². The summed E-state index contributed by atoms with van der Waals surface area (Å²) in [6.45, 7) is 1.69. The van der Waals surface area contributed by atoms with Gasteiger partial charge in [0.25, 0.3) is 0 Å². The molecule has 0 aliphatic carbocycles. The van der Waals surface area contributed by atoms with E-state index < -0.39 is 11.8 Å². The molecule has 0 aliphatic rings. The maximum absolute atomic E-state index is 11.1. The van der Waals surface area contributed by atoms with E-state index in [1.165, 1.54) is 13.5 Å². The van der Waals surface area contributed by atoms with Crippen molar-refractivity contribution in [3.8, 4) is 6.19 Å². The second-order valence-electron chi connectivity index (χ2n) is 2.81. The second kappa shape index (κ2) is 5.14. The Hall–Kier alpha value is -1.57. The first-order valence-electron chi connectivity index (χ1n) is 3.78. The monoisotopic (exact) mass is 182 g/mol. The predicted octanol–water partition coefficient (Wildman–Crippen LogP) is -0.358. The molecule has 5 nitrogen and oxygen atoms in total. The third-order valence-corrected chi connectivity index (χ3v) is 1.43. The minimum atomic E-state index is -0.462. The summed E-state index contributed by atoms with van der Waals surface area (Å²) in [6.07, 6.45) is 3.08. The van der Waals surface area contributed by atoms with E-state index in [4.69, 9.17) is 11.0 Å². The fourth-order valence-electron chi connectivity index (χ4n) is 0.781. The molecule has 1 atom stereocenters. The topological polar surface area (TPSA) is 87.2 Å². The molecule has 0 fully saturated rings. The van der Waals surface area contributed by atoms with Crippen LogP contribution in [0.4, 0.5) is 0 Å². The Balaban J connectivity index is 3.93. The number of amides is 2. The quantitative estimate of drug-likeness (QED) is 0.475. The molecule has 0 spiro atoms. The predicted molar refractivity (Wildman–Crippen MR) is 45.7 cm³/mol. The van der Waals surface area contributed by atoms with Crippen molar-refractivity contribution in [3.05, 3.63) is 6.42 Å². The van der Waals surface area contributed by atoms with Gasteiger partial charge in [-0.2, -0.15) is 5.26 Å².